The summed E-state index contributed by atoms with van der Waals surface area (Å²) in [6, 6.07) is 18.9. The average molecular weight is 781 g/mol. The lowest BCUT2D eigenvalue weighted by Crippen LogP contribution is -2.64. The van der Waals surface area contributed by atoms with Crippen LogP contribution in [0.1, 0.15) is 92.2 Å². The number of carbonyl (C=O) groups excluding carboxylic acids is 4. The number of hydrogen-bond acceptors (Lipinski definition) is 9. The van der Waals surface area contributed by atoms with Gasteiger partial charge in [-0.1, -0.05) is 80.6 Å². The van der Waals surface area contributed by atoms with E-state index in [9.17, 15) is 24.3 Å². The van der Waals surface area contributed by atoms with Gasteiger partial charge in [0, 0.05) is 38.7 Å². The molecule has 2 aromatic carbocycles. The molecule has 13 heteroatoms. The summed E-state index contributed by atoms with van der Waals surface area (Å²) in [7, 11) is 0. The highest BCUT2D eigenvalue weighted by atomic mass is 16.6. The topological polar surface area (TPSA) is 156 Å². The van der Waals surface area contributed by atoms with E-state index in [2.05, 4.69) is 17.2 Å². The van der Waals surface area contributed by atoms with Crippen LogP contribution >= 0.6 is 0 Å². The Labute approximate surface area is 333 Å². The predicted molar refractivity (Wildman–Crippen MR) is 215 cm³/mol. The molecule has 2 saturated heterocycles. The smallest absolute Gasteiger partial charge is 0.410 e. The Morgan fingerprint density at radius 3 is 1.52 bits per heavy atom. The molecule has 0 bridgehead atoms. The van der Waals surface area contributed by atoms with E-state index >= 15 is 0 Å². The van der Waals surface area contributed by atoms with Crippen molar-refractivity contribution in [1.29, 1.82) is 0 Å². The Hall–Kier alpha value is -4.78. The van der Waals surface area contributed by atoms with Crippen molar-refractivity contribution in [3.63, 3.8) is 0 Å². The van der Waals surface area contributed by atoms with E-state index in [1.54, 1.807) is 15.9 Å². The van der Waals surface area contributed by atoms with Crippen LogP contribution in [-0.2, 0) is 32.2 Å². The van der Waals surface area contributed by atoms with Crippen LogP contribution in [0.25, 0.3) is 0 Å². The summed E-state index contributed by atoms with van der Waals surface area (Å²) in [4.78, 5) is 53.3. The fraction of sp³-hybridized carbons (Fsp3) is 0.581. The second-order valence-electron chi connectivity index (χ2n) is 16.8. The van der Waals surface area contributed by atoms with Crippen molar-refractivity contribution in [2.75, 3.05) is 32.8 Å². The number of nitrogens with zero attached hydrogens (tertiary/aromatic N) is 2. The summed E-state index contributed by atoms with van der Waals surface area (Å²) < 4.78 is 21.8. The monoisotopic (exact) mass is 780 g/mol. The first-order valence-electron chi connectivity index (χ1n) is 19.5. The van der Waals surface area contributed by atoms with Gasteiger partial charge in [0.1, 0.15) is 24.4 Å². The summed E-state index contributed by atoms with van der Waals surface area (Å²) in [5.41, 5.74) is -0.753. The number of aliphatic hydroxyl groups is 1. The SMILES string of the molecule is C=CC(C)C1(NC(=O)OCc2ccccc2)CCCN(C(=O)OC(C)(C)C)C1.CC(CO)C1(NC(=O)OCc2ccccc2)CCCN(C(=O)OC(C)(C)C)C1. The van der Waals surface area contributed by atoms with E-state index in [4.69, 9.17) is 18.9 Å². The van der Waals surface area contributed by atoms with Crippen molar-refractivity contribution in [3.05, 3.63) is 84.4 Å². The molecule has 2 aliphatic heterocycles. The maximum absolute atomic E-state index is 12.5. The van der Waals surface area contributed by atoms with Gasteiger partial charge in [-0.3, -0.25) is 0 Å². The van der Waals surface area contributed by atoms with Crippen LogP contribution in [0.4, 0.5) is 19.2 Å². The maximum Gasteiger partial charge on any atom is 0.410 e. The summed E-state index contributed by atoms with van der Waals surface area (Å²) in [6.07, 6.45) is 2.80. The zero-order chi connectivity index (χ0) is 41.6. The zero-order valence-corrected chi connectivity index (χ0v) is 34.6. The van der Waals surface area contributed by atoms with Crippen molar-refractivity contribution >= 4 is 24.4 Å². The van der Waals surface area contributed by atoms with Crippen LogP contribution < -0.4 is 10.6 Å². The number of aliphatic hydroxyl groups excluding tert-OH is 1. The van der Waals surface area contributed by atoms with Crippen molar-refractivity contribution in [1.82, 2.24) is 20.4 Å². The number of alkyl carbamates (subject to hydrolysis) is 2. The normalized spacial score (nSPS) is 20.9. The van der Waals surface area contributed by atoms with Gasteiger partial charge in [-0.15, -0.1) is 6.58 Å². The molecule has 4 rings (SSSR count). The van der Waals surface area contributed by atoms with Gasteiger partial charge in [0.25, 0.3) is 0 Å². The van der Waals surface area contributed by atoms with Gasteiger partial charge >= 0.3 is 24.4 Å². The van der Waals surface area contributed by atoms with E-state index in [0.29, 0.717) is 32.5 Å². The maximum atomic E-state index is 12.5. The molecule has 0 aromatic heterocycles. The van der Waals surface area contributed by atoms with Gasteiger partial charge in [-0.25, -0.2) is 19.2 Å². The molecule has 0 spiro atoms. The average Bonchev–Trinajstić information content (AvgIpc) is 3.15. The first-order valence-corrected chi connectivity index (χ1v) is 19.5. The quantitative estimate of drug-likeness (QED) is 0.162. The lowest BCUT2D eigenvalue weighted by atomic mass is 9.78. The standard InChI is InChI=1S/C22H32N2O4.C21H32N2O5/c1-6-17(2)22(23-19(25)27-15-18-11-8-7-9-12-18)13-10-14-24(16-22)20(26)28-21(3,4)5;1-16(13-24)21(22-18(25)27-14-17-9-6-5-7-10-17)11-8-12-23(15-21)19(26)28-20(2,3)4/h6-9,11-12,17H,1,10,13-16H2,2-5H3,(H,23,25);5-7,9-10,16,24H,8,11-15H2,1-4H3,(H,22,25). The van der Waals surface area contributed by atoms with Gasteiger partial charge in [-0.05, 0) is 84.3 Å². The third-order valence-corrected chi connectivity index (χ3v) is 9.92. The summed E-state index contributed by atoms with van der Waals surface area (Å²) in [5, 5.41) is 15.7. The number of nitrogens with one attached hydrogen (secondary N) is 2. The van der Waals surface area contributed by atoms with E-state index in [1.165, 1.54) is 0 Å². The minimum atomic E-state index is -0.766. The Bertz CT molecular complexity index is 1580. The van der Waals surface area contributed by atoms with E-state index in [1.807, 2.05) is 116 Å². The van der Waals surface area contributed by atoms with Crippen LogP contribution in [-0.4, -0.2) is 94.3 Å². The Morgan fingerprint density at radius 1 is 0.732 bits per heavy atom. The number of benzene rings is 2. The number of hydrogen-bond donors (Lipinski definition) is 3. The lowest BCUT2D eigenvalue weighted by molar-refractivity contribution is -0.00133. The molecule has 4 atom stereocenters. The Kier molecular flexibility index (Phi) is 16.6. The molecule has 2 aliphatic rings. The molecule has 2 aromatic rings. The largest absolute Gasteiger partial charge is 0.445 e. The minimum Gasteiger partial charge on any atom is -0.445 e. The second-order valence-corrected chi connectivity index (χ2v) is 16.8. The number of ether oxygens (including phenoxy) is 4. The van der Waals surface area contributed by atoms with Gasteiger partial charge in [0.05, 0.1) is 11.1 Å². The van der Waals surface area contributed by atoms with Gasteiger partial charge in [-0.2, -0.15) is 0 Å². The molecule has 13 nitrogen and oxygen atoms in total. The molecule has 310 valence electrons. The molecule has 0 saturated carbocycles. The highest BCUT2D eigenvalue weighted by Gasteiger charge is 2.45. The first kappa shape index (κ1) is 45.6. The number of rotatable bonds is 10. The van der Waals surface area contributed by atoms with E-state index in [0.717, 1.165) is 24.0 Å². The summed E-state index contributed by atoms with van der Waals surface area (Å²) in [5.74, 6) is -0.288. The molecule has 56 heavy (non-hydrogen) atoms. The van der Waals surface area contributed by atoms with E-state index < -0.39 is 40.6 Å². The molecule has 3 N–H and O–H groups in total. The minimum absolute atomic E-state index is 0.0398. The van der Waals surface area contributed by atoms with Crippen LogP contribution in [0.3, 0.4) is 0 Å². The molecule has 0 aliphatic carbocycles. The lowest BCUT2D eigenvalue weighted by Gasteiger charge is -2.46. The summed E-state index contributed by atoms with van der Waals surface area (Å²) in [6.45, 7) is 20.7. The van der Waals surface area contributed by atoms with Crippen molar-refractivity contribution in [2.45, 2.75) is 117 Å². The fourth-order valence-corrected chi connectivity index (χ4v) is 6.67. The van der Waals surface area contributed by atoms with E-state index in [-0.39, 0.29) is 44.3 Å². The molecular formula is C43H64N4O9. The molecular weight excluding hydrogens is 716 g/mol. The Balaban J connectivity index is 0.000000300. The first-order chi connectivity index (χ1) is 26.3. The fourth-order valence-electron chi connectivity index (χ4n) is 6.67. The number of carbonyl (C=O) groups is 4. The van der Waals surface area contributed by atoms with Crippen molar-refractivity contribution in [2.24, 2.45) is 11.8 Å². The third kappa shape index (κ3) is 14.4. The number of piperidine rings is 2. The highest BCUT2D eigenvalue weighted by molar-refractivity contribution is 5.71. The van der Waals surface area contributed by atoms with Gasteiger partial charge in [0.2, 0.25) is 0 Å². The molecule has 2 heterocycles. The summed E-state index contributed by atoms with van der Waals surface area (Å²) >= 11 is 0. The van der Waals surface area contributed by atoms with Crippen molar-refractivity contribution in [3.8, 4) is 0 Å². The number of likely N-dealkylation sites (tertiary alicyclic amines) is 2. The molecule has 0 radical (unpaired) electrons. The molecule has 4 amide bonds. The van der Waals surface area contributed by atoms with Crippen LogP contribution in [0, 0.1) is 11.8 Å². The predicted octanol–water partition coefficient (Wildman–Crippen LogP) is 7.82. The zero-order valence-electron chi connectivity index (χ0n) is 34.6. The second kappa shape index (κ2) is 20.4. The van der Waals surface area contributed by atoms with Crippen LogP contribution in [0.5, 0.6) is 0 Å². The van der Waals surface area contributed by atoms with Crippen LogP contribution in [0.2, 0.25) is 0 Å². The van der Waals surface area contributed by atoms with Gasteiger partial charge < -0.3 is 44.5 Å². The third-order valence-electron chi connectivity index (χ3n) is 9.92. The van der Waals surface area contributed by atoms with Crippen molar-refractivity contribution < 1.29 is 43.2 Å². The molecule has 4 unspecified atom stereocenters. The number of amides is 4. The highest BCUT2D eigenvalue weighted by Crippen LogP contribution is 2.32. The van der Waals surface area contributed by atoms with Crippen LogP contribution in [0.15, 0.2) is 73.3 Å². The Morgan fingerprint density at radius 2 is 1.12 bits per heavy atom. The molecule has 2 fully saturated rings. The van der Waals surface area contributed by atoms with Gasteiger partial charge in [0.15, 0.2) is 0 Å².